The van der Waals surface area contributed by atoms with Gasteiger partial charge in [-0.1, -0.05) is 18.2 Å². The van der Waals surface area contributed by atoms with E-state index in [0.717, 1.165) is 0 Å². The van der Waals surface area contributed by atoms with Crippen LogP contribution in [0.1, 0.15) is 0 Å². The molecular weight excluding hydrogens is 312 g/mol. The fourth-order valence-electron chi connectivity index (χ4n) is 1.59. The molecule has 0 saturated heterocycles. The third-order valence-electron chi connectivity index (χ3n) is 2.55. The third kappa shape index (κ3) is 4.20. The topological polar surface area (TPSA) is 34.1 Å². The fraction of sp³-hybridized carbons (Fsp3) is 0. The monoisotopic (exact) mass is 326 g/mol. The van der Waals surface area contributed by atoms with Gasteiger partial charge < -0.3 is 0 Å². The maximum atomic E-state index is 11.9. The molecule has 20 heavy (non-hydrogen) atoms. The molecule has 0 unspecified atom stereocenters. The molecule has 0 spiro atoms. The zero-order chi connectivity index (χ0) is 13.6. The maximum Gasteiger partial charge on any atom is 2.00 e. The summed E-state index contributed by atoms with van der Waals surface area (Å²) >= 11 is 0. The van der Waals surface area contributed by atoms with Gasteiger partial charge in [-0.15, -0.1) is 0 Å². The van der Waals surface area contributed by atoms with Crippen molar-refractivity contribution in [3.63, 3.8) is 0 Å². The quantitative estimate of drug-likeness (QED) is 0.532. The summed E-state index contributed by atoms with van der Waals surface area (Å²) in [7, 11) is -3.30. The molecule has 0 N–H and O–H groups in total. The molecule has 0 bridgehead atoms. The minimum absolute atomic E-state index is 0. The first kappa shape index (κ1) is 16.4. The minimum Gasteiger partial charge on any atom is -0.221 e. The van der Waals surface area contributed by atoms with Gasteiger partial charge in [0.25, 0.3) is 0 Å². The van der Waals surface area contributed by atoms with Crippen molar-refractivity contribution < 1.29 is 25.5 Å². The second-order valence-electron chi connectivity index (χ2n) is 3.90. The van der Waals surface area contributed by atoms with Crippen molar-refractivity contribution in [2.24, 2.45) is 0 Å². The van der Waals surface area contributed by atoms with E-state index in [1.807, 2.05) is 30.3 Å². The Balaban J connectivity index is 0.000000283. The van der Waals surface area contributed by atoms with E-state index in [1.165, 1.54) is 0 Å². The van der Waals surface area contributed by atoms with Crippen LogP contribution >= 0.6 is 0 Å². The minimum atomic E-state index is -3.30. The van der Waals surface area contributed by atoms with Gasteiger partial charge in [-0.2, -0.15) is 36.4 Å². The van der Waals surface area contributed by atoms with Gasteiger partial charge in [0.1, 0.15) is 0 Å². The normalized spacial score (nSPS) is 10.0. The van der Waals surface area contributed by atoms with Crippen LogP contribution in [0.2, 0.25) is 0 Å². The van der Waals surface area contributed by atoms with E-state index in [-0.39, 0.29) is 17.1 Å². The number of hydrogen-bond acceptors (Lipinski definition) is 2. The number of sulfone groups is 1. The van der Waals surface area contributed by atoms with Crippen LogP contribution in [0.25, 0.3) is 0 Å². The molecule has 0 amide bonds. The molecule has 4 heteroatoms. The molecule has 3 aromatic rings. The SMILES string of the molecule is O=S(=O)(c1ccccc1)c1ccc[cH-]1.[Fe+2].c1cc[cH-]c1. The van der Waals surface area contributed by atoms with Crippen molar-refractivity contribution in [2.75, 3.05) is 0 Å². The van der Waals surface area contributed by atoms with Crippen molar-refractivity contribution >= 4 is 9.84 Å². The number of benzene rings is 1. The van der Waals surface area contributed by atoms with Crippen LogP contribution in [0, 0.1) is 0 Å². The molecule has 0 radical (unpaired) electrons. The molecule has 2 nitrogen and oxygen atoms in total. The average molecular weight is 326 g/mol. The maximum absolute atomic E-state index is 11.9. The van der Waals surface area contributed by atoms with E-state index in [1.54, 1.807) is 54.6 Å². The summed E-state index contributed by atoms with van der Waals surface area (Å²) in [6.45, 7) is 0. The number of rotatable bonds is 2. The molecule has 104 valence electrons. The first-order valence-electron chi connectivity index (χ1n) is 5.90. The molecule has 3 rings (SSSR count). The summed E-state index contributed by atoms with van der Waals surface area (Å²) in [6.07, 6.45) is 0. The van der Waals surface area contributed by atoms with Gasteiger partial charge in [0.15, 0.2) is 9.84 Å². The van der Waals surface area contributed by atoms with Crippen molar-refractivity contribution in [1.29, 1.82) is 0 Å². The molecular formula is C16H14FeO2S. The van der Waals surface area contributed by atoms with E-state index >= 15 is 0 Å². The van der Waals surface area contributed by atoms with Crippen molar-refractivity contribution in [1.82, 2.24) is 0 Å². The zero-order valence-electron chi connectivity index (χ0n) is 10.7. The van der Waals surface area contributed by atoms with Crippen LogP contribution in [0.4, 0.5) is 0 Å². The Bertz CT molecular complexity index is 652. The van der Waals surface area contributed by atoms with E-state index < -0.39 is 9.84 Å². The standard InChI is InChI=1S/C11H9O2S.C5H5.Fe/c12-14(13,11-8-4-5-9-11)10-6-2-1-3-7-10;1-2-4-5-3-1;/h1-9H;1-5H;/q2*-1;+2. The molecule has 0 aliphatic heterocycles. The van der Waals surface area contributed by atoms with Gasteiger partial charge in [0, 0.05) is 0 Å². The molecule has 0 atom stereocenters. The summed E-state index contributed by atoms with van der Waals surface area (Å²) in [5.41, 5.74) is 0. The van der Waals surface area contributed by atoms with Gasteiger partial charge in [-0.25, -0.2) is 26.6 Å². The Labute approximate surface area is 130 Å². The molecule has 0 fully saturated rings. The predicted octanol–water partition coefficient (Wildman–Crippen LogP) is 3.64. The van der Waals surface area contributed by atoms with E-state index in [9.17, 15) is 8.42 Å². The second kappa shape index (κ2) is 7.85. The van der Waals surface area contributed by atoms with E-state index in [4.69, 9.17) is 0 Å². The first-order chi connectivity index (χ1) is 9.21. The van der Waals surface area contributed by atoms with Gasteiger partial charge in [-0.05, 0) is 17.0 Å². The largest absolute Gasteiger partial charge is 2.00 e. The summed E-state index contributed by atoms with van der Waals surface area (Å²) in [5.74, 6) is 0. The predicted molar refractivity (Wildman–Crippen MR) is 76.0 cm³/mol. The van der Waals surface area contributed by atoms with Crippen LogP contribution < -0.4 is 0 Å². The van der Waals surface area contributed by atoms with Crippen molar-refractivity contribution in [3.05, 3.63) is 84.9 Å². The Morgan fingerprint density at radius 1 is 0.750 bits per heavy atom. The summed E-state index contributed by atoms with van der Waals surface area (Å²) in [4.78, 5) is 0.690. The Hall–Kier alpha value is -1.61. The Kier molecular flexibility index (Phi) is 6.46. The van der Waals surface area contributed by atoms with Crippen LogP contribution in [-0.2, 0) is 26.9 Å². The molecule has 0 aromatic heterocycles. The van der Waals surface area contributed by atoms with Crippen LogP contribution in [0.15, 0.2) is 94.7 Å². The smallest absolute Gasteiger partial charge is 0.221 e. The second-order valence-corrected chi connectivity index (χ2v) is 5.85. The molecule has 0 aliphatic carbocycles. The van der Waals surface area contributed by atoms with Gasteiger partial charge in [0.2, 0.25) is 0 Å². The van der Waals surface area contributed by atoms with Crippen LogP contribution in [0.5, 0.6) is 0 Å². The van der Waals surface area contributed by atoms with Gasteiger partial charge in [0.05, 0.1) is 4.90 Å². The van der Waals surface area contributed by atoms with Crippen molar-refractivity contribution in [3.8, 4) is 0 Å². The van der Waals surface area contributed by atoms with Gasteiger partial charge >= 0.3 is 17.1 Å². The fourth-order valence-corrected chi connectivity index (χ4v) is 2.90. The van der Waals surface area contributed by atoms with E-state index in [2.05, 4.69) is 0 Å². The van der Waals surface area contributed by atoms with E-state index in [0.29, 0.717) is 9.79 Å². The van der Waals surface area contributed by atoms with Gasteiger partial charge in [-0.3, -0.25) is 0 Å². The average Bonchev–Trinajstić information content (AvgIpc) is 3.15. The van der Waals surface area contributed by atoms with Crippen LogP contribution in [0.3, 0.4) is 0 Å². The summed E-state index contributed by atoms with van der Waals surface area (Å²) in [5, 5.41) is 0. The molecule has 0 heterocycles. The Morgan fingerprint density at radius 3 is 1.85 bits per heavy atom. The third-order valence-corrected chi connectivity index (χ3v) is 4.34. The molecule has 3 aromatic carbocycles. The summed E-state index contributed by atoms with van der Waals surface area (Å²) < 4.78 is 23.8. The van der Waals surface area contributed by atoms with Crippen LogP contribution in [-0.4, -0.2) is 8.42 Å². The molecule has 0 aliphatic rings. The first-order valence-corrected chi connectivity index (χ1v) is 7.38. The molecule has 0 saturated carbocycles. The van der Waals surface area contributed by atoms with Crippen molar-refractivity contribution in [2.45, 2.75) is 9.79 Å². The summed E-state index contributed by atoms with van der Waals surface area (Å²) in [6, 6.07) is 25.1. The number of hydrogen-bond donors (Lipinski definition) is 0. The Morgan fingerprint density at radius 2 is 1.40 bits per heavy atom. The zero-order valence-corrected chi connectivity index (χ0v) is 12.6.